The number of nitrogens with one attached hydrogen (secondary N) is 1. The lowest BCUT2D eigenvalue weighted by atomic mass is 10.0. The van der Waals surface area contributed by atoms with Crippen LogP contribution in [-0.2, 0) is 13.5 Å². The normalized spacial score (nSPS) is 12.5. The summed E-state index contributed by atoms with van der Waals surface area (Å²) in [5, 5.41) is 12.4. The fourth-order valence-electron chi connectivity index (χ4n) is 3.36. The van der Waals surface area contributed by atoms with Crippen LogP contribution < -0.4 is 10.9 Å². The number of alkyl halides is 3. The third kappa shape index (κ3) is 5.54. The zero-order valence-corrected chi connectivity index (χ0v) is 18.3. The van der Waals surface area contributed by atoms with Gasteiger partial charge < -0.3 is 15.0 Å². The predicted molar refractivity (Wildman–Crippen MR) is 116 cm³/mol. The molecule has 0 radical (unpaired) electrons. The van der Waals surface area contributed by atoms with E-state index in [-0.39, 0.29) is 16.8 Å². The number of pyridine rings is 1. The molecule has 0 aliphatic heterocycles. The van der Waals surface area contributed by atoms with E-state index < -0.39 is 47.2 Å². The number of carbonyl (C=O) groups is 1. The fourth-order valence-corrected chi connectivity index (χ4v) is 3.49. The van der Waals surface area contributed by atoms with Gasteiger partial charge >= 0.3 is 6.18 Å². The fraction of sp³-hybridized carbons (Fsp3) is 0.217. The number of benzene rings is 2. The average Bonchev–Trinajstić information content (AvgIpc) is 2.71. The van der Waals surface area contributed by atoms with E-state index in [4.69, 9.17) is 11.6 Å². The van der Waals surface area contributed by atoms with Gasteiger partial charge in [-0.3, -0.25) is 9.59 Å². The molecule has 2 N–H and O–H groups in total. The molecular formula is C23H19ClF4N2O3. The topological polar surface area (TPSA) is 71.3 Å². The second-order valence-electron chi connectivity index (χ2n) is 7.57. The molecule has 10 heteroatoms. The molecule has 0 fully saturated rings. The molecule has 5 nitrogen and oxygen atoms in total. The lowest BCUT2D eigenvalue weighted by Gasteiger charge is -2.22. The van der Waals surface area contributed by atoms with E-state index in [1.165, 1.54) is 43.4 Å². The van der Waals surface area contributed by atoms with Crippen LogP contribution in [0.25, 0.3) is 11.3 Å². The van der Waals surface area contributed by atoms with Gasteiger partial charge in [-0.25, -0.2) is 4.39 Å². The third-order valence-electron chi connectivity index (χ3n) is 5.04. The Balaban J connectivity index is 2.00. The summed E-state index contributed by atoms with van der Waals surface area (Å²) < 4.78 is 55.7. The Morgan fingerprint density at radius 2 is 1.79 bits per heavy atom. The summed E-state index contributed by atoms with van der Waals surface area (Å²) >= 11 is 5.76. The minimum Gasteiger partial charge on any atom is -0.502 e. The number of hydrogen-bond acceptors (Lipinski definition) is 3. The zero-order chi connectivity index (χ0) is 24.5. The molecular weight excluding hydrogens is 464 g/mol. The Morgan fingerprint density at radius 1 is 1.15 bits per heavy atom. The lowest BCUT2D eigenvalue weighted by molar-refractivity contribution is -0.153. The minimum atomic E-state index is -4.81. The van der Waals surface area contributed by atoms with Crippen LogP contribution in [0.1, 0.15) is 21.5 Å². The van der Waals surface area contributed by atoms with Gasteiger partial charge in [0.05, 0.1) is 11.3 Å². The van der Waals surface area contributed by atoms with Crippen molar-refractivity contribution in [1.29, 1.82) is 0 Å². The first-order valence-electron chi connectivity index (χ1n) is 9.69. The molecule has 1 amide bonds. The number of halogens is 5. The van der Waals surface area contributed by atoms with Crippen LogP contribution >= 0.6 is 11.6 Å². The largest absolute Gasteiger partial charge is 0.502 e. The van der Waals surface area contributed by atoms with Crippen molar-refractivity contribution in [1.82, 2.24) is 9.88 Å². The first-order chi connectivity index (χ1) is 15.4. The number of aryl methyl sites for hydroxylation is 1. The smallest absolute Gasteiger partial charge is 0.408 e. The monoisotopic (exact) mass is 482 g/mol. The summed E-state index contributed by atoms with van der Waals surface area (Å²) in [6, 6.07) is 8.29. The molecule has 1 unspecified atom stereocenters. The van der Waals surface area contributed by atoms with Gasteiger partial charge in [-0.15, -0.1) is 0 Å². The highest BCUT2D eigenvalue weighted by atomic mass is 35.5. The summed E-state index contributed by atoms with van der Waals surface area (Å²) in [7, 11) is 1.29. The van der Waals surface area contributed by atoms with Gasteiger partial charge in [0.1, 0.15) is 11.9 Å². The maximum Gasteiger partial charge on any atom is 0.408 e. The van der Waals surface area contributed by atoms with E-state index in [0.717, 1.165) is 16.7 Å². The van der Waals surface area contributed by atoms with Crippen molar-refractivity contribution < 1.29 is 27.5 Å². The molecule has 1 atom stereocenters. The van der Waals surface area contributed by atoms with Gasteiger partial charge in [-0.1, -0.05) is 23.7 Å². The van der Waals surface area contributed by atoms with Crippen molar-refractivity contribution in [2.24, 2.45) is 7.05 Å². The van der Waals surface area contributed by atoms with E-state index in [0.29, 0.717) is 10.6 Å². The average molecular weight is 483 g/mol. The van der Waals surface area contributed by atoms with Crippen LogP contribution in [0.2, 0.25) is 5.02 Å². The van der Waals surface area contributed by atoms with E-state index >= 15 is 0 Å². The molecule has 1 heterocycles. The molecule has 0 bridgehead atoms. The predicted octanol–water partition coefficient (Wildman–Crippen LogP) is 4.76. The van der Waals surface area contributed by atoms with Crippen molar-refractivity contribution in [2.45, 2.75) is 25.6 Å². The minimum absolute atomic E-state index is 0.0480. The summed E-state index contributed by atoms with van der Waals surface area (Å²) in [5.41, 5.74) is -0.606. The van der Waals surface area contributed by atoms with Crippen LogP contribution in [0.3, 0.4) is 0 Å². The summed E-state index contributed by atoms with van der Waals surface area (Å²) in [6.45, 7) is 1.61. The third-order valence-corrected chi connectivity index (χ3v) is 5.29. The number of aromatic nitrogens is 1. The number of nitrogens with zero attached hydrogens (tertiary/aromatic N) is 1. The van der Waals surface area contributed by atoms with Gasteiger partial charge in [-0.2, -0.15) is 13.2 Å². The molecule has 0 saturated heterocycles. The van der Waals surface area contributed by atoms with Crippen molar-refractivity contribution in [2.75, 3.05) is 0 Å². The molecule has 1 aromatic heterocycles. The maximum absolute atomic E-state index is 13.9. The maximum atomic E-state index is 13.9. The summed E-state index contributed by atoms with van der Waals surface area (Å²) in [6.07, 6.45) is -5.40. The summed E-state index contributed by atoms with van der Waals surface area (Å²) in [4.78, 5) is 25.2. The van der Waals surface area contributed by atoms with Gasteiger partial charge in [0.2, 0.25) is 0 Å². The number of carbonyl (C=O) groups excluding carboxylic acids is 1. The second kappa shape index (κ2) is 9.27. The van der Waals surface area contributed by atoms with Crippen LogP contribution in [0.4, 0.5) is 17.6 Å². The van der Waals surface area contributed by atoms with E-state index in [1.807, 2.05) is 5.32 Å². The van der Waals surface area contributed by atoms with Crippen molar-refractivity contribution in [3.8, 4) is 17.0 Å². The molecule has 2 aromatic carbocycles. The van der Waals surface area contributed by atoms with Crippen LogP contribution in [-0.4, -0.2) is 27.8 Å². The molecule has 0 saturated carbocycles. The van der Waals surface area contributed by atoms with E-state index in [9.17, 15) is 32.3 Å². The van der Waals surface area contributed by atoms with Crippen molar-refractivity contribution in [3.63, 3.8) is 0 Å². The standard InChI is InChI=1S/C23H19ClF4N2O3/c1-12-7-14(10-16(25)8-12)18-11-17(20(31)22(33)30(18)2)21(32)29-19(23(26,27)28)9-13-3-5-15(24)6-4-13/h3-8,10-11,19,31H,9H2,1-2H3,(H,29,32). The Kier molecular flexibility index (Phi) is 6.83. The van der Waals surface area contributed by atoms with Crippen LogP contribution in [0.15, 0.2) is 53.3 Å². The molecule has 3 rings (SSSR count). The number of amides is 1. The molecule has 33 heavy (non-hydrogen) atoms. The van der Waals surface area contributed by atoms with E-state index in [2.05, 4.69) is 0 Å². The Morgan fingerprint density at radius 3 is 2.36 bits per heavy atom. The summed E-state index contributed by atoms with van der Waals surface area (Å²) in [5.74, 6) is -2.91. The van der Waals surface area contributed by atoms with Crippen molar-refractivity contribution in [3.05, 3.63) is 86.4 Å². The molecule has 0 aliphatic rings. The van der Waals surface area contributed by atoms with Gasteiger partial charge in [0.15, 0.2) is 5.75 Å². The molecule has 0 aliphatic carbocycles. The first kappa shape index (κ1) is 24.3. The lowest BCUT2D eigenvalue weighted by Crippen LogP contribution is -2.47. The van der Waals surface area contributed by atoms with Gasteiger partial charge in [-0.05, 0) is 54.4 Å². The van der Waals surface area contributed by atoms with Crippen molar-refractivity contribution >= 4 is 17.5 Å². The molecule has 3 aromatic rings. The highest BCUT2D eigenvalue weighted by Crippen LogP contribution is 2.27. The van der Waals surface area contributed by atoms with Crippen LogP contribution in [0, 0.1) is 12.7 Å². The highest BCUT2D eigenvalue weighted by Gasteiger charge is 2.41. The Labute approximate surface area is 191 Å². The quantitative estimate of drug-likeness (QED) is 0.515. The van der Waals surface area contributed by atoms with E-state index in [1.54, 1.807) is 6.92 Å². The second-order valence-corrected chi connectivity index (χ2v) is 8.01. The Bertz CT molecular complexity index is 1230. The first-order valence-corrected chi connectivity index (χ1v) is 10.1. The van der Waals surface area contributed by atoms with Gasteiger partial charge in [0.25, 0.3) is 11.5 Å². The SMILES string of the molecule is Cc1cc(F)cc(-c2cc(C(=O)NC(Cc3ccc(Cl)cc3)C(F)(F)F)c(O)c(=O)n2C)c1. The number of rotatable bonds is 5. The zero-order valence-electron chi connectivity index (χ0n) is 17.5. The molecule has 0 spiro atoms. The number of aromatic hydroxyl groups is 1. The highest BCUT2D eigenvalue weighted by molar-refractivity contribution is 6.30. The van der Waals surface area contributed by atoms with Crippen LogP contribution in [0.5, 0.6) is 5.75 Å². The Hall–Kier alpha value is -3.33. The number of hydrogen-bond donors (Lipinski definition) is 2. The van der Waals surface area contributed by atoms with Gasteiger partial charge in [0, 0.05) is 24.1 Å². The molecule has 174 valence electrons.